The zero-order valence-electron chi connectivity index (χ0n) is 17.6. The largest absolute Gasteiger partial charge is 0.375 e. The van der Waals surface area contributed by atoms with E-state index in [9.17, 15) is 16.8 Å². The summed E-state index contributed by atoms with van der Waals surface area (Å²) in [5.41, 5.74) is 0. The van der Waals surface area contributed by atoms with Gasteiger partial charge in [0.25, 0.3) is 8.87 Å². The van der Waals surface area contributed by atoms with Crippen LogP contribution in [0.4, 0.5) is 0 Å². The van der Waals surface area contributed by atoms with Crippen molar-refractivity contribution in [3.05, 3.63) is 0 Å². The van der Waals surface area contributed by atoms with Crippen LogP contribution in [0, 0.1) is 0 Å². The smallest absolute Gasteiger partial charge is 0.259 e. The molecule has 0 aliphatic heterocycles. The lowest BCUT2D eigenvalue weighted by atomic mass is 10.0. The molecule has 0 amide bonds. The van der Waals surface area contributed by atoms with Crippen LogP contribution >= 0.6 is 0 Å². The number of hydrogen-bond acceptors (Lipinski definition) is 5. The second-order valence-corrected chi connectivity index (χ2v) is 12.7. The lowest BCUT2D eigenvalue weighted by Crippen LogP contribution is -2.21. The van der Waals surface area contributed by atoms with Gasteiger partial charge in [-0.15, -0.1) is 0 Å². The van der Waals surface area contributed by atoms with Crippen molar-refractivity contribution in [2.75, 3.05) is 12.4 Å². The summed E-state index contributed by atoms with van der Waals surface area (Å²) in [6.45, 7) is 3.56. The lowest BCUT2D eigenvalue weighted by Gasteiger charge is -2.05. The van der Waals surface area contributed by atoms with Gasteiger partial charge in [0.05, 0.1) is 12.4 Å². The van der Waals surface area contributed by atoms with Crippen LogP contribution in [0.2, 0.25) is 0 Å². The molecule has 0 saturated heterocycles. The maximum absolute atomic E-state index is 11.7. The molecule has 7 heteroatoms. The van der Waals surface area contributed by atoms with Gasteiger partial charge in [-0.25, -0.2) is 8.42 Å². The average Bonchev–Trinajstić information content (AvgIpc) is 2.61. The monoisotopic (exact) mass is 426 g/mol. The maximum atomic E-state index is 11.7. The third-order valence-corrected chi connectivity index (χ3v) is 9.41. The molecule has 27 heavy (non-hydrogen) atoms. The minimum atomic E-state index is -4.46. The molecule has 0 fully saturated rings. The van der Waals surface area contributed by atoms with Gasteiger partial charge in [-0.1, -0.05) is 103 Å². The average molecular weight is 427 g/mol. The molecule has 0 rings (SSSR count). The van der Waals surface area contributed by atoms with E-state index in [1.54, 1.807) is 0 Å². The molecule has 0 saturated carbocycles. The predicted octanol–water partition coefficient (Wildman–Crippen LogP) is 5.94. The Balaban J connectivity index is 3.41. The third kappa shape index (κ3) is 14.5. The van der Waals surface area contributed by atoms with Crippen molar-refractivity contribution >= 4 is 18.0 Å². The van der Waals surface area contributed by atoms with E-state index in [-0.39, 0.29) is 12.4 Å². The van der Waals surface area contributed by atoms with Gasteiger partial charge >= 0.3 is 9.15 Å². The first-order valence-electron chi connectivity index (χ1n) is 11.0. The molecular formula is C20H42O5S2. The molecular weight excluding hydrogens is 384 g/mol. The molecule has 0 unspecified atom stereocenters. The topological polar surface area (TPSA) is 77.5 Å². The molecule has 0 aromatic rings. The first-order valence-corrected chi connectivity index (χ1v) is 14.6. The Bertz CT molecular complexity index is 527. The SMILES string of the molecule is CCCCCCCCCCCCCCCCCCS(=O)(=O)S(=O)(=O)OCC. The van der Waals surface area contributed by atoms with Gasteiger partial charge in [0.2, 0.25) is 0 Å². The van der Waals surface area contributed by atoms with Crippen LogP contribution in [0.3, 0.4) is 0 Å². The minimum Gasteiger partial charge on any atom is -0.259 e. The summed E-state index contributed by atoms with van der Waals surface area (Å²) in [5.74, 6) is -0.340. The van der Waals surface area contributed by atoms with Gasteiger partial charge in [-0.05, 0) is 13.3 Å². The fourth-order valence-electron chi connectivity index (χ4n) is 3.15. The molecule has 0 heterocycles. The summed E-state index contributed by atoms with van der Waals surface area (Å²) in [6, 6.07) is 0. The Labute approximate surface area is 168 Å². The van der Waals surface area contributed by atoms with Crippen molar-refractivity contribution in [3.8, 4) is 0 Å². The fourth-order valence-corrected chi connectivity index (χ4v) is 6.04. The van der Waals surface area contributed by atoms with Gasteiger partial charge < -0.3 is 0 Å². The van der Waals surface area contributed by atoms with Gasteiger partial charge in [0, 0.05) is 0 Å². The van der Waals surface area contributed by atoms with Crippen LogP contribution in [0.5, 0.6) is 0 Å². The molecule has 0 radical (unpaired) electrons. The second kappa shape index (κ2) is 16.8. The number of hydrogen-bond donors (Lipinski definition) is 0. The van der Waals surface area contributed by atoms with Crippen molar-refractivity contribution < 1.29 is 21.0 Å². The van der Waals surface area contributed by atoms with E-state index in [4.69, 9.17) is 0 Å². The highest BCUT2D eigenvalue weighted by molar-refractivity contribution is 8.65. The van der Waals surface area contributed by atoms with Crippen LogP contribution < -0.4 is 0 Å². The zero-order chi connectivity index (χ0) is 20.4. The minimum absolute atomic E-state index is 0.152. The van der Waals surface area contributed by atoms with Gasteiger partial charge in [0.1, 0.15) is 0 Å². The first-order chi connectivity index (χ1) is 12.9. The Hall–Kier alpha value is -0.140. The number of rotatable bonds is 20. The van der Waals surface area contributed by atoms with Crippen molar-refractivity contribution in [2.24, 2.45) is 0 Å². The van der Waals surface area contributed by atoms with Crippen LogP contribution in [0.1, 0.15) is 117 Å². The maximum Gasteiger partial charge on any atom is 0.375 e. The quantitative estimate of drug-likeness (QED) is 0.178. The van der Waals surface area contributed by atoms with Crippen LogP contribution in [-0.4, -0.2) is 29.2 Å². The van der Waals surface area contributed by atoms with Crippen molar-refractivity contribution in [3.63, 3.8) is 0 Å². The Morgan fingerprint density at radius 2 is 0.852 bits per heavy atom. The Kier molecular flexibility index (Phi) is 16.7. The molecule has 0 aliphatic rings. The summed E-state index contributed by atoms with van der Waals surface area (Å²) in [6.07, 6.45) is 19.2. The van der Waals surface area contributed by atoms with Crippen molar-refractivity contribution in [2.45, 2.75) is 117 Å². The van der Waals surface area contributed by atoms with Crippen molar-refractivity contribution in [1.29, 1.82) is 0 Å². The normalized spacial score (nSPS) is 12.5. The van der Waals surface area contributed by atoms with E-state index in [0.29, 0.717) is 6.42 Å². The van der Waals surface area contributed by atoms with Gasteiger partial charge in [-0.2, -0.15) is 8.42 Å². The molecule has 0 spiro atoms. The van der Waals surface area contributed by atoms with Gasteiger partial charge in [-0.3, -0.25) is 4.18 Å². The Morgan fingerprint density at radius 3 is 1.19 bits per heavy atom. The summed E-state index contributed by atoms with van der Waals surface area (Å²) in [4.78, 5) is 0. The highest BCUT2D eigenvalue weighted by Crippen LogP contribution is 2.15. The summed E-state index contributed by atoms with van der Waals surface area (Å²) in [7, 11) is -8.65. The van der Waals surface area contributed by atoms with E-state index >= 15 is 0 Å². The molecule has 0 N–H and O–H groups in total. The second-order valence-electron chi connectivity index (χ2n) is 7.38. The van der Waals surface area contributed by atoms with Crippen molar-refractivity contribution in [1.82, 2.24) is 0 Å². The summed E-state index contributed by atoms with van der Waals surface area (Å²) >= 11 is 0. The Morgan fingerprint density at radius 1 is 0.519 bits per heavy atom. The van der Waals surface area contributed by atoms with E-state index in [1.165, 1.54) is 84.0 Å². The molecule has 0 atom stereocenters. The van der Waals surface area contributed by atoms with Crippen LogP contribution in [0.15, 0.2) is 0 Å². The van der Waals surface area contributed by atoms with Gasteiger partial charge in [0.15, 0.2) is 0 Å². The highest BCUT2D eigenvalue weighted by atomic mass is 33.2. The van der Waals surface area contributed by atoms with Crippen LogP contribution in [0.25, 0.3) is 0 Å². The third-order valence-electron chi connectivity index (χ3n) is 4.82. The number of unbranched alkanes of at least 4 members (excludes halogenated alkanes) is 15. The zero-order valence-corrected chi connectivity index (χ0v) is 19.2. The highest BCUT2D eigenvalue weighted by Gasteiger charge is 2.29. The van der Waals surface area contributed by atoms with E-state index in [1.807, 2.05) is 0 Å². The molecule has 0 aliphatic carbocycles. The fraction of sp³-hybridized carbons (Fsp3) is 1.00. The van der Waals surface area contributed by atoms with Crippen LogP contribution in [-0.2, 0) is 22.2 Å². The first kappa shape index (κ1) is 26.9. The van der Waals surface area contributed by atoms with E-state index in [2.05, 4.69) is 11.1 Å². The summed E-state index contributed by atoms with van der Waals surface area (Å²) < 4.78 is 50.6. The molecule has 5 nitrogen and oxygen atoms in total. The van der Waals surface area contributed by atoms with E-state index < -0.39 is 18.0 Å². The molecule has 0 aromatic heterocycles. The molecule has 0 bridgehead atoms. The molecule has 0 aromatic carbocycles. The van der Waals surface area contributed by atoms with E-state index in [0.717, 1.165) is 19.3 Å². The molecule has 164 valence electrons. The predicted molar refractivity (Wildman–Crippen MR) is 114 cm³/mol. The lowest BCUT2D eigenvalue weighted by molar-refractivity contribution is 0.347. The summed E-state index contributed by atoms with van der Waals surface area (Å²) in [5, 5.41) is 0. The standard InChI is InChI=1S/C20H42O5S2/c1-3-5-6-7-8-9-10-11-12-13-14-15-16-17-18-19-20-26(21,22)27(23,24)25-4-2/h3-20H2,1-2H3.